The minimum atomic E-state index is -0.507. The lowest BCUT2D eigenvalue weighted by molar-refractivity contribution is 0.262. The second-order valence-corrected chi connectivity index (χ2v) is 6.61. The molecule has 3 aromatic rings. The minimum absolute atomic E-state index is 0.130. The Morgan fingerprint density at radius 1 is 0.893 bits per heavy atom. The quantitative estimate of drug-likeness (QED) is 0.701. The lowest BCUT2D eigenvalue weighted by atomic mass is 10.1. The molecule has 28 heavy (non-hydrogen) atoms. The average molecular weight is 377 g/mol. The van der Waals surface area contributed by atoms with Gasteiger partial charge in [0.1, 0.15) is 5.82 Å². The molecule has 0 saturated carbocycles. The fourth-order valence-corrected chi connectivity index (χ4v) is 3.17. The maximum Gasteiger partial charge on any atom is 0.323 e. The third kappa shape index (κ3) is 4.09. The van der Waals surface area contributed by atoms with Gasteiger partial charge >= 0.3 is 6.03 Å². The van der Waals surface area contributed by atoms with Crippen molar-refractivity contribution in [2.45, 2.75) is 12.8 Å². The van der Waals surface area contributed by atoms with E-state index in [0.717, 1.165) is 30.2 Å². The Morgan fingerprint density at radius 3 is 2.32 bits per heavy atom. The summed E-state index contributed by atoms with van der Waals surface area (Å²) in [7, 11) is 0. The Hall–Kier alpha value is -3.48. The molecule has 142 valence electrons. The van der Waals surface area contributed by atoms with E-state index >= 15 is 0 Å². The normalized spacial score (nSPS) is 13.4. The van der Waals surface area contributed by atoms with Crippen LogP contribution in [0.2, 0.25) is 0 Å². The smallest absolute Gasteiger partial charge is 0.323 e. The number of para-hydroxylation sites is 1. The van der Waals surface area contributed by atoms with E-state index in [9.17, 15) is 9.18 Å². The van der Waals surface area contributed by atoms with E-state index < -0.39 is 11.8 Å². The zero-order valence-electron chi connectivity index (χ0n) is 15.2. The van der Waals surface area contributed by atoms with Crippen molar-refractivity contribution >= 4 is 23.2 Å². The number of nitrogens with one attached hydrogen (secondary N) is 2. The zero-order chi connectivity index (χ0) is 19.3. The highest BCUT2D eigenvalue weighted by Gasteiger charge is 2.14. The molecule has 1 aromatic heterocycles. The van der Waals surface area contributed by atoms with E-state index in [-0.39, 0.29) is 5.69 Å². The number of halogens is 1. The summed E-state index contributed by atoms with van der Waals surface area (Å²) in [6, 6.07) is 16.7. The third-order valence-electron chi connectivity index (χ3n) is 4.64. The number of anilines is 3. The van der Waals surface area contributed by atoms with E-state index in [1.807, 2.05) is 24.3 Å². The maximum absolute atomic E-state index is 13.6. The van der Waals surface area contributed by atoms with Crippen LogP contribution in [-0.2, 0) is 0 Å². The monoisotopic (exact) mass is 377 g/mol. The Labute approximate surface area is 162 Å². The molecule has 2 N–H and O–H groups in total. The van der Waals surface area contributed by atoms with Gasteiger partial charge in [-0.05, 0) is 49.2 Å². The van der Waals surface area contributed by atoms with Gasteiger partial charge in [0.2, 0.25) is 0 Å². The summed E-state index contributed by atoms with van der Waals surface area (Å²) in [5.41, 5.74) is 2.40. The molecule has 1 fully saturated rings. The standard InChI is InChI=1S/C21H20FN5O/c22-17-5-1-2-6-19(17)24-21(28)23-16-9-7-15(8-10-16)18-11-12-20(26-25-18)27-13-3-4-14-27/h1-2,5-12H,3-4,13-14H2,(H2,23,24,28). The highest BCUT2D eigenvalue weighted by atomic mass is 19.1. The molecule has 4 rings (SSSR count). The van der Waals surface area contributed by atoms with Crippen molar-refractivity contribution in [2.75, 3.05) is 28.6 Å². The van der Waals surface area contributed by atoms with Gasteiger partial charge in [0.05, 0.1) is 11.4 Å². The predicted octanol–water partition coefficient (Wildman–Crippen LogP) is 4.53. The summed E-state index contributed by atoms with van der Waals surface area (Å²) in [5.74, 6) is 0.424. The molecule has 1 aliphatic rings. The molecule has 0 bridgehead atoms. The van der Waals surface area contributed by atoms with Crippen LogP contribution < -0.4 is 15.5 Å². The largest absolute Gasteiger partial charge is 0.355 e. The molecule has 1 aliphatic heterocycles. The van der Waals surface area contributed by atoms with Gasteiger partial charge in [0.25, 0.3) is 0 Å². The van der Waals surface area contributed by atoms with Crippen molar-refractivity contribution in [3.05, 3.63) is 66.5 Å². The second-order valence-electron chi connectivity index (χ2n) is 6.61. The van der Waals surface area contributed by atoms with Crippen molar-refractivity contribution in [3.63, 3.8) is 0 Å². The molecule has 2 aromatic carbocycles. The summed E-state index contributed by atoms with van der Waals surface area (Å²) in [6.07, 6.45) is 2.39. The van der Waals surface area contributed by atoms with Gasteiger partial charge in [0.15, 0.2) is 5.82 Å². The first-order valence-corrected chi connectivity index (χ1v) is 9.21. The van der Waals surface area contributed by atoms with E-state index in [1.165, 1.54) is 25.0 Å². The number of benzene rings is 2. The van der Waals surface area contributed by atoms with Crippen LogP contribution in [0, 0.1) is 5.82 Å². The SMILES string of the molecule is O=C(Nc1ccc(-c2ccc(N3CCCC3)nn2)cc1)Nc1ccccc1F. The van der Waals surface area contributed by atoms with Gasteiger partial charge in [0, 0.05) is 24.3 Å². The number of nitrogens with zero attached hydrogens (tertiary/aromatic N) is 3. The van der Waals surface area contributed by atoms with Gasteiger partial charge in [-0.15, -0.1) is 10.2 Å². The van der Waals surface area contributed by atoms with E-state index in [0.29, 0.717) is 5.69 Å². The van der Waals surface area contributed by atoms with Crippen LogP contribution in [0.5, 0.6) is 0 Å². The number of carbonyl (C=O) groups is 1. The molecule has 0 unspecified atom stereocenters. The van der Waals surface area contributed by atoms with Gasteiger partial charge in [-0.25, -0.2) is 9.18 Å². The topological polar surface area (TPSA) is 70.2 Å². The van der Waals surface area contributed by atoms with Gasteiger partial charge in [-0.2, -0.15) is 0 Å². The number of urea groups is 1. The molecule has 2 heterocycles. The Morgan fingerprint density at radius 2 is 1.64 bits per heavy atom. The molecule has 0 atom stereocenters. The van der Waals surface area contributed by atoms with Crippen LogP contribution in [-0.4, -0.2) is 29.3 Å². The van der Waals surface area contributed by atoms with Crippen LogP contribution in [0.15, 0.2) is 60.7 Å². The lowest BCUT2D eigenvalue weighted by Gasteiger charge is -2.15. The molecule has 0 spiro atoms. The first kappa shape index (κ1) is 17.9. The van der Waals surface area contributed by atoms with Crippen molar-refractivity contribution in [1.29, 1.82) is 0 Å². The van der Waals surface area contributed by atoms with Crippen molar-refractivity contribution in [3.8, 4) is 11.3 Å². The first-order chi connectivity index (χ1) is 13.7. The van der Waals surface area contributed by atoms with Crippen molar-refractivity contribution < 1.29 is 9.18 Å². The molecule has 0 aliphatic carbocycles. The number of carbonyl (C=O) groups excluding carboxylic acids is 1. The number of hydrogen-bond donors (Lipinski definition) is 2. The molecule has 0 radical (unpaired) electrons. The molecule has 7 heteroatoms. The highest BCUT2D eigenvalue weighted by Crippen LogP contribution is 2.22. The van der Waals surface area contributed by atoms with Crippen LogP contribution in [0.4, 0.5) is 26.4 Å². The van der Waals surface area contributed by atoms with Gasteiger partial charge in [-0.1, -0.05) is 24.3 Å². The zero-order valence-corrected chi connectivity index (χ0v) is 15.2. The van der Waals surface area contributed by atoms with Crippen LogP contribution in [0.25, 0.3) is 11.3 Å². The maximum atomic E-state index is 13.6. The lowest BCUT2D eigenvalue weighted by Crippen LogP contribution is -2.20. The number of amides is 2. The Balaban J connectivity index is 1.39. The van der Waals surface area contributed by atoms with Crippen LogP contribution in [0.1, 0.15) is 12.8 Å². The number of hydrogen-bond acceptors (Lipinski definition) is 4. The van der Waals surface area contributed by atoms with Crippen LogP contribution >= 0.6 is 0 Å². The summed E-state index contributed by atoms with van der Waals surface area (Å²) < 4.78 is 13.6. The van der Waals surface area contributed by atoms with Gasteiger partial charge in [-0.3, -0.25) is 0 Å². The van der Waals surface area contributed by atoms with E-state index in [4.69, 9.17) is 0 Å². The third-order valence-corrected chi connectivity index (χ3v) is 4.64. The fourth-order valence-electron chi connectivity index (χ4n) is 3.17. The predicted molar refractivity (Wildman–Crippen MR) is 108 cm³/mol. The van der Waals surface area contributed by atoms with Crippen molar-refractivity contribution in [1.82, 2.24) is 10.2 Å². The van der Waals surface area contributed by atoms with Crippen LogP contribution in [0.3, 0.4) is 0 Å². The minimum Gasteiger partial charge on any atom is -0.355 e. The second kappa shape index (κ2) is 8.04. The Kier molecular flexibility index (Phi) is 5.14. The van der Waals surface area contributed by atoms with Gasteiger partial charge < -0.3 is 15.5 Å². The molecule has 2 amide bonds. The molecular weight excluding hydrogens is 357 g/mol. The summed E-state index contributed by atoms with van der Waals surface area (Å²) in [5, 5.41) is 13.8. The summed E-state index contributed by atoms with van der Waals surface area (Å²) >= 11 is 0. The van der Waals surface area contributed by atoms with E-state index in [2.05, 4.69) is 25.7 Å². The average Bonchev–Trinajstić information content (AvgIpc) is 3.25. The summed E-state index contributed by atoms with van der Waals surface area (Å²) in [4.78, 5) is 14.3. The highest BCUT2D eigenvalue weighted by molar-refractivity contribution is 5.99. The molecule has 6 nitrogen and oxygen atoms in total. The number of rotatable bonds is 4. The molecule has 1 saturated heterocycles. The number of aromatic nitrogens is 2. The Bertz CT molecular complexity index is 953. The first-order valence-electron chi connectivity index (χ1n) is 9.21. The van der Waals surface area contributed by atoms with E-state index in [1.54, 1.807) is 24.3 Å². The fraction of sp³-hybridized carbons (Fsp3) is 0.190. The molecular formula is C21H20FN5O. The van der Waals surface area contributed by atoms with Crippen molar-refractivity contribution in [2.24, 2.45) is 0 Å². The summed E-state index contributed by atoms with van der Waals surface area (Å²) in [6.45, 7) is 2.06.